The molecule has 7 nitrogen and oxygen atoms in total. The van der Waals surface area contributed by atoms with Crippen molar-refractivity contribution in [2.75, 3.05) is 22.6 Å². The highest BCUT2D eigenvalue weighted by Gasteiger charge is 2.11. The van der Waals surface area contributed by atoms with Crippen LogP contribution in [0.25, 0.3) is 0 Å². The second kappa shape index (κ2) is 10.4. The van der Waals surface area contributed by atoms with Gasteiger partial charge >= 0.3 is 6.09 Å². The highest BCUT2D eigenvalue weighted by atomic mass is 32.1. The number of carbonyl (C=O) groups excluding carboxylic acids is 3. The van der Waals surface area contributed by atoms with E-state index in [1.54, 1.807) is 60.7 Å². The Bertz CT molecular complexity index is 1060. The maximum absolute atomic E-state index is 12.7. The lowest BCUT2D eigenvalue weighted by Crippen LogP contribution is -2.17. The molecule has 1 aromatic heterocycles. The third-order valence-corrected chi connectivity index (χ3v) is 4.91. The summed E-state index contributed by atoms with van der Waals surface area (Å²) >= 11 is 1.34. The quantitative estimate of drug-likeness (QED) is 0.457. The van der Waals surface area contributed by atoms with Crippen molar-refractivity contribution in [1.29, 1.82) is 0 Å². The van der Waals surface area contributed by atoms with E-state index in [0.29, 0.717) is 34.1 Å². The smallest absolute Gasteiger partial charge is 0.411 e. The molecule has 0 aliphatic carbocycles. The molecule has 8 heteroatoms. The minimum atomic E-state index is -0.550. The molecule has 0 spiro atoms. The lowest BCUT2D eigenvalue weighted by atomic mass is 10.1. The lowest BCUT2D eigenvalue weighted by Gasteiger charge is -2.11. The molecule has 160 valence electrons. The van der Waals surface area contributed by atoms with Gasteiger partial charge in [-0.15, -0.1) is 11.3 Å². The van der Waals surface area contributed by atoms with Gasteiger partial charge in [0.2, 0.25) is 0 Å². The van der Waals surface area contributed by atoms with Gasteiger partial charge in [-0.3, -0.25) is 14.9 Å². The fourth-order valence-corrected chi connectivity index (χ4v) is 3.23. The highest BCUT2D eigenvalue weighted by molar-refractivity contribution is 7.12. The molecule has 2 aromatic carbocycles. The Kier molecular flexibility index (Phi) is 7.40. The molecule has 31 heavy (non-hydrogen) atoms. The zero-order valence-electron chi connectivity index (χ0n) is 17.2. The van der Waals surface area contributed by atoms with E-state index >= 15 is 0 Å². The zero-order valence-corrected chi connectivity index (χ0v) is 18.0. The molecule has 0 fully saturated rings. The number of thiophene rings is 1. The van der Waals surface area contributed by atoms with Crippen molar-refractivity contribution in [3.63, 3.8) is 0 Å². The van der Waals surface area contributed by atoms with E-state index in [9.17, 15) is 14.4 Å². The minimum Gasteiger partial charge on any atom is -0.449 e. The van der Waals surface area contributed by atoms with Gasteiger partial charge in [0.25, 0.3) is 11.8 Å². The molecule has 0 saturated heterocycles. The number of ether oxygens (including phenoxy) is 1. The van der Waals surface area contributed by atoms with Crippen molar-refractivity contribution in [2.24, 2.45) is 5.92 Å². The van der Waals surface area contributed by atoms with Crippen LogP contribution in [0, 0.1) is 5.92 Å². The molecule has 0 radical (unpaired) electrons. The third kappa shape index (κ3) is 6.68. The van der Waals surface area contributed by atoms with E-state index in [-0.39, 0.29) is 17.7 Å². The van der Waals surface area contributed by atoms with Crippen molar-refractivity contribution in [1.82, 2.24) is 0 Å². The summed E-state index contributed by atoms with van der Waals surface area (Å²) in [5.41, 5.74) is 1.93. The van der Waals surface area contributed by atoms with Crippen LogP contribution in [0.5, 0.6) is 0 Å². The maximum atomic E-state index is 12.7. The van der Waals surface area contributed by atoms with Crippen LogP contribution in [-0.2, 0) is 4.74 Å². The highest BCUT2D eigenvalue weighted by Crippen LogP contribution is 2.19. The molecular weight excluding hydrogens is 414 g/mol. The van der Waals surface area contributed by atoms with E-state index in [0.717, 1.165) is 0 Å². The van der Waals surface area contributed by atoms with Crippen molar-refractivity contribution in [3.8, 4) is 0 Å². The summed E-state index contributed by atoms with van der Waals surface area (Å²) in [6, 6.07) is 17.0. The van der Waals surface area contributed by atoms with Crippen LogP contribution in [0.1, 0.15) is 33.9 Å². The Morgan fingerprint density at radius 2 is 1.48 bits per heavy atom. The molecule has 0 saturated carbocycles. The van der Waals surface area contributed by atoms with Gasteiger partial charge in [0.15, 0.2) is 0 Å². The van der Waals surface area contributed by atoms with Crippen molar-refractivity contribution in [3.05, 3.63) is 76.5 Å². The number of amides is 3. The average molecular weight is 438 g/mol. The van der Waals surface area contributed by atoms with Gasteiger partial charge in [0, 0.05) is 22.6 Å². The zero-order chi connectivity index (χ0) is 22.2. The topological polar surface area (TPSA) is 96.5 Å². The summed E-state index contributed by atoms with van der Waals surface area (Å²) in [6.45, 7) is 4.22. The molecule has 0 aliphatic rings. The average Bonchev–Trinajstić information content (AvgIpc) is 3.28. The normalized spacial score (nSPS) is 10.4. The Morgan fingerprint density at radius 1 is 0.839 bits per heavy atom. The summed E-state index contributed by atoms with van der Waals surface area (Å²) in [5, 5.41) is 10.0. The molecule has 3 amide bonds. The van der Waals surface area contributed by atoms with Gasteiger partial charge in [-0.1, -0.05) is 32.0 Å². The summed E-state index contributed by atoms with van der Waals surface area (Å²) in [4.78, 5) is 37.3. The number of hydrogen-bond donors (Lipinski definition) is 3. The molecular formula is C23H23N3O4S. The van der Waals surface area contributed by atoms with Gasteiger partial charge in [-0.25, -0.2) is 4.79 Å². The third-order valence-electron chi connectivity index (χ3n) is 4.04. The molecule has 0 unspecified atom stereocenters. The minimum absolute atomic E-state index is 0.226. The standard InChI is InChI=1S/C23H23N3O4S/c1-15(2)14-30-23(29)26-19-9-4-8-18(13-19)24-21(27)16-6-3-7-17(12-16)25-22(28)20-10-5-11-31-20/h3-13,15H,14H2,1-2H3,(H,24,27)(H,25,28)(H,26,29). The second-order valence-corrected chi connectivity index (χ2v) is 8.11. The summed E-state index contributed by atoms with van der Waals surface area (Å²) < 4.78 is 5.10. The predicted molar refractivity (Wildman–Crippen MR) is 123 cm³/mol. The van der Waals surface area contributed by atoms with E-state index in [1.807, 2.05) is 19.2 Å². The Labute approximate surface area is 184 Å². The number of anilines is 3. The van der Waals surface area contributed by atoms with Gasteiger partial charge < -0.3 is 15.4 Å². The van der Waals surface area contributed by atoms with Crippen molar-refractivity contribution in [2.45, 2.75) is 13.8 Å². The molecule has 0 aliphatic heterocycles. The maximum Gasteiger partial charge on any atom is 0.411 e. The SMILES string of the molecule is CC(C)COC(=O)Nc1cccc(NC(=O)c2cccc(NC(=O)c3cccs3)c2)c1. The molecule has 0 atom stereocenters. The molecule has 3 rings (SSSR count). The lowest BCUT2D eigenvalue weighted by molar-refractivity contribution is 0.101. The van der Waals surface area contributed by atoms with Crippen LogP contribution in [0.15, 0.2) is 66.0 Å². The van der Waals surface area contributed by atoms with Crippen LogP contribution < -0.4 is 16.0 Å². The molecule has 1 heterocycles. The number of hydrogen-bond acceptors (Lipinski definition) is 5. The van der Waals surface area contributed by atoms with Gasteiger partial charge in [-0.2, -0.15) is 0 Å². The Morgan fingerprint density at radius 3 is 2.16 bits per heavy atom. The predicted octanol–water partition coefficient (Wildman–Crippen LogP) is 5.46. The number of benzene rings is 2. The molecule has 3 aromatic rings. The number of rotatable bonds is 7. The second-order valence-electron chi connectivity index (χ2n) is 7.16. The van der Waals surface area contributed by atoms with E-state index < -0.39 is 6.09 Å². The van der Waals surface area contributed by atoms with Crippen LogP contribution in [0.3, 0.4) is 0 Å². The van der Waals surface area contributed by atoms with E-state index in [1.165, 1.54) is 11.3 Å². The van der Waals surface area contributed by atoms with Gasteiger partial charge in [-0.05, 0) is 53.8 Å². The first kappa shape index (κ1) is 22.0. The van der Waals surface area contributed by atoms with Gasteiger partial charge in [0.05, 0.1) is 11.5 Å². The first-order valence-electron chi connectivity index (χ1n) is 9.71. The first-order chi connectivity index (χ1) is 14.9. The van der Waals surface area contributed by atoms with Crippen LogP contribution in [-0.4, -0.2) is 24.5 Å². The van der Waals surface area contributed by atoms with E-state index in [4.69, 9.17) is 4.74 Å². The summed E-state index contributed by atoms with van der Waals surface area (Å²) in [6.07, 6.45) is -0.550. The Hall–Kier alpha value is -3.65. The fourth-order valence-electron chi connectivity index (χ4n) is 2.61. The molecule has 0 bridgehead atoms. The van der Waals surface area contributed by atoms with Crippen molar-refractivity contribution < 1.29 is 19.1 Å². The summed E-state index contributed by atoms with van der Waals surface area (Å²) in [7, 11) is 0. The van der Waals surface area contributed by atoms with E-state index in [2.05, 4.69) is 16.0 Å². The van der Waals surface area contributed by atoms with Crippen molar-refractivity contribution >= 4 is 46.3 Å². The van der Waals surface area contributed by atoms with Crippen LogP contribution in [0.2, 0.25) is 0 Å². The molecule has 3 N–H and O–H groups in total. The fraction of sp³-hybridized carbons (Fsp3) is 0.174. The van der Waals surface area contributed by atoms with Gasteiger partial charge in [0.1, 0.15) is 0 Å². The van der Waals surface area contributed by atoms with Crippen LogP contribution in [0.4, 0.5) is 21.9 Å². The van der Waals surface area contributed by atoms with Crippen LogP contribution >= 0.6 is 11.3 Å². The largest absolute Gasteiger partial charge is 0.449 e. The number of nitrogens with one attached hydrogen (secondary N) is 3. The first-order valence-corrected chi connectivity index (χ1v) is 10.6. The monoisotopic (exact) mass is 437 g/mol. The summed E-state index contributed by atoms with van der Waals surface area (Å²) in [5.74, 6) is -0.329. The Balaban J connectivity index is 1.62. The number of carbonyl (C=O) groups is 3.